The van der Waals surface area contributed by atoms with E-state index in [1.165, 1.54) is 0 Å². The third-order valence-corrected chi connectivity index (χ3v) is 3.63. The maximum atomic E-state index is 5.87. The standard InChI is InChI=1S/C15H15N7/c1-2-11-10-7-6-9(8-12(10)20-19-11)17-15-18-14-5-3-4-13(16)22(14)21-15/h3-8H,2,16H2,1H3,(H,17,21)(H,19,20). The van der Waals surface area contributed by atoms with E-state index in [2.05, 4.69) is 32.5 Å². The van der Waals surface area contributed by atoms with Gasteiger partial charge in [0.2, 0.25) is 5.95 Å². The van der Waals surface area contributed by atoms with Crippen LogP contribution in [0.4, 0.5) is 17.5 Å². The van der Waals surface area contributed by atoms with Gasteiger partial charge in [-0.15, -0.1) is 5.10 Å². The zero-order chi connectivity index (χ0) is 15.1. The van der Waals surface area contributed by atoms with Gasteiger partial charge in [-0.3, -0.25) is 5.10 Å². The van der Waals surface area contributed by atoms with Crippen LogP contribution in [0.15, 0.2) is 36.4 Å². The van der Waals surface area contributed by atoms with Crippen LogP contribution in [0.3, 0.4) is 0 Å². The molecule has 0 unspecified atom stereocenters. The molecule has 0 aliphatic heterocycles. The highest BCUT2D eigenvalue weighted by Gasteiger charge is 2.08. The van der Waals surface area contributed by atoms with Crippen molar-refractivity contribution < 1.29 is 0 Å². The maximum Gasteiger partial charge on any atom is 0.247 e. The Morgan fingerprint density at radius 1 is 1.27 bits per heavy atom. The summed E-state index contributed by atoms with van der Waals surface area (Å²) in [5.74, 6) is 1.05. The molecular weight excluding hydrogens is 278 g/mol. The average molecular weight is 293 g/mol. The molecule has 0 atom stereocenters. The summed E-state index contributed by atoms with van der Waals surface area (Å²) < 4.78 is 1.60. The van der Waals surface area contributed by atoms with Gasteiger partial charge in [-0.05, 0) is 36.8 Å². The number of nitrogens with two attached hydrogens (primary N) is 1. The number of aromatic nitrogens is 5. The molecule has 4 aromatic rings. The summed E-state index contributed by atoms with van der Waals surface area (Å²) >= 11 is 0. The van der Waals surface area contributed by atoms with E-state index in [4.69, 9.17) is 5.73 Å². The number of rotatable bonds is 3. The number of pyridine rings is 1. The highest BCUT2D eigenvalue weighted by atomic mass is 15.4. The van der Waals surface area contributed by atoms with Gasteiger partial charge in [0.1, 0.15) is 5.82 Å². The number of nitrogens with one attached hydrogen (secondary N) is 2. The molecule has 0 saturated heterocycles. The molecule has 0 aliphatic rings. The monoisotopic (exact) mass is 293 g/mol. The fourth-order valence-electron chi connectivity index (χ4n) is 2.52. The number of hydrogen-bond donors (Lipinski definition) is 3. The number of H-pyrrole nitrogens is 1. The molecule has 0 radical (unpaired) electrons. The number of fused-ring (bicyclic) bond motifs is 2. The first-order valence-corrected chi connectivity index (χ1v) is 7.10. The third kappa shape index (κ3) is 1.95. The van der Waals surface area contributed by atoms with Gasteiger partial charge in [-0.1, -0.05) is 13.0 Å². The van der Waals surface area contributed by atoms with Crippen LogP contribution in [0.5, 0.6) is 0 Å². The lowest BCUT2D eigenvalue weighted by atomic mass is 10.1. The first kappa shape index (κ1) is 12.6. The Morgan fingerprint density at radius 2 is 2.18 bits per heavy atom. The highest BCUT2D eigenvalue weighted by molar-refractivity contribution is 5.85. The number of aryl methyl sites for hydroxylation is 1. The predicted molar refractivity (Wildman–Crippen MR) is 86.2 cm³/mol. The van der Waals surface area contributed by atoms with Crippen LogP contribution in [0.1, 0.15) is 12.6 Å². The molecule has 0 fully saturated rings. The number of aromatic amines is 1. The third-order valence-electron chi connectivity index (χ3n) is 3.63. The van der Waals surface area contributed by atoms with Crippen LogP contribution in [0.2, 0.25) is 0 Å². The van der Waals surface area contributed by atoms with Crippen LogP contribution < -0.4 is 11.1 Å². The summed E-state index contributed by atoms with van der Waals surface area (Å²) in [5.41, 5.74) is 9.52. The van der Waals surface area contributed by atoms with Crippen molar-refractivity contribution in [2.24, 2.45) is 0 Å². The second-order valence-electron chi connectivity index (χ2n) is 5.07. The van der Waals surface area contributed by atoms with E-state index in [0.717, 1.165) is 28.7 Å². The zero-order valence-corrected chi connectivity index (χ0v) is 12.0. The Morgan fingerprint density at radius 3 is 3.00 bits per heavy atom. The Labute approximate surface area is 126 Å². The van der Waals surface area contributed by atoms with Crippen LogP contribution in [-0.4, -0.2) is 24.8 Å². The van der Waals surface area contributed by atoms with Crippen LogP contribution in [-0.2, 0) is 6.42 Å². The van der Waals surface area contributed by atoms with Gasteiger partial charge >= 0.3 is 0 Å². The topological polar surface area (TPSA) is 96.9 Å². The van der Waals surface area contributed by atoms with Gasteiger partial charge in [0.15, 0.2) is 5.65 Å². The number of benzene rings is 1. The first-order valence-electron chi connectivity index (χ1n) is 7.10. The normalized spacial score (nSPS) is 11.3. The van der Waals surface area contributed by atoms with E-state index in [-0.39, 0.29) is 0 Å². The van der Waals surface area contributed by atoms with Gasteiger partial charge < -0.3 is 11.1 Å². The van der Waals surface area contributed by atoms with E-state index >= 15 is 0 Å². The SMILES string of the molecule is CCc1[nH]nc2cc(Nc3nc4cccc(N)n4n3)ccc12. The smallest absolute Gasteiger partial charge is 0.247 e. The van der Waals surface area contributed by atoms with E-state index in [1.807, 2.05) is 30.3 Å². The molecule has 3 aromatic heterocycles. The van der Waals surface area contributed by atoms with Crippen molar-refractivity contribution in [3.63, 3.8) is 0 Å². The highest BCUT2D eigenvalue weighted by Crippen LogP contribution is 2.22. The largest absolute Gasteiger partial charge is 0.384 e. The van der Waals surface area contributed by atoms with E-state index in [9.17, 15) is 0 Å². The lowest BCUT2D eigenvalue weighted by Gasteiger charge is -2.01. The molecule has 0 saturated carbocycles. The summed E-state index contributed by atoms with van der Waals surface area (Å²) in [7, 11) is 0. The minimum atomic E-state index is 0.503. The van der Waals surface area contributed by atoms with Crippen LogP contribution in [0, 0.1) is 0 Å². The number of nitrogen functional groups attached to an aromatic ring is 1. The molecule has 7 nitrogen and oxygen atoms in total. The Balaban J connectivity index is 1.71. The molecule has 4 N–H and O–H groups in total. The van der Waals surface area contributed by atoms with Crippen molar-refractivity contribution in [1.82, 2.24) is 24.8 Å². The van der Waals surface area contributed by atoms with E-state index < -0.39 is 0 Å². The van der Waals surface area contributed by atoms with Gasteiger partial charge in [0.05, 0.1) is 5.52 Å². The molecule has 22 heavy (non-hydrogen) atoms. The van der Waals surface area contributed by atoms with Crippen molar-refractivity contribution in [3.05, 3.63) is 42.1 Å². The van der Waals surface area contributed by atoms with Crippen molar-refractivity contribution in [2.45, 2.75) is 13.3 Å². The minimum absolute atomic E-state index is 0.503. The molecule has 1 aromatic carbocycles. The summed E-state index contributed by atoms with van der Waals surface area (Å²) in [6.07, 6.45) is 0.927. The van der Waals surface area contributed by atoms with E-state index in [0.29, 0.717) is 17.4 Å². The fourth-order valence-corrected chi connectivity index (χ4v) is 2.52. The van der Waals surface area contributed by atoms with Crippen molar-refractivity contribution in [1.29, 1.82) is 0 Å². The molecule has 3 heterocycles. The Hall–Kier alpha value is -3.09. The second-order valence-corrected chi connectivity index (χ2v) is 5.07. The molecule has 4 rings (SSSR count). The molecule has 0 aliphatic carbocycles. The lowest BCUT2D eigenvalue weighted by Crippen LogP contribution is -1.98. The molecule has 7 heteroatoms. The Kier molecular flexibility index (Phi) is 2.72. The second kappa shape index (κ2) is 4.73. The van der Waals surface area contributed by atoms with Crippen molar-refractivity contribution in [2.75, 3.05) is 11.1 Å². The first-order chi connectivity index (χ1) is 10.7. The summed E-state index contributed by atoms with van der Waals surface area (Å²) in [4.78, 5) is 4.40. The summed E-state index contributed by atoms with van der Waals surface area (Å²) in [5, 5.41) is 16.0. The average Bonchev–Trinajstić information content (AvgIpc) is 3.11. The van der Waals surface area contributed by atoms with Gasteiger partial charge in [0.25, 0.3) is 0 Å². The van der Waals surface area contributed by atoms with E-state index in [1.54, 1.807) is 10.6 Å². The van der Waals surface area contributed by atoms with Gasteiger partial charge in [0, 0.05) is 16.8 Å². The number of anilines is 3. The molecular formula is C15H15N7. The summed E-state index contributed by atoms with van der Waals surface area (Å²) in [6.45, 7) is 2.10. The lowest BCUT2D eigenvalue weighted by molar-refractivity contribution is 0.978. The fraction of sp³-hybridized carbons (Fsp3) is 0.133. The number of nitrogens with zero attached hydrogens (tertiary/aromatic N) is 4. The Bertz CT molecular complexity index is 967. The molecule has 0 amide bonds. The molecule has 0 spiro atoms. The zero-order valence-electron chi connectivity index (χ0n) is 12.0. The summed E-state index contributed by atoms with van der Waals surface area (Å²) in [6, 6.07) is 11.5. The minimum Gasteiger partial charge on any atom is -0.384 e. The van der Waals surface area contributed by atoms with Crippen molar-refractivity contribution >= 4 is 34.0 Å². The van der Waals surface area contributed by atoms with Gasteiger partial charge in [-0.25, -0.2) is 0 Å². The van der Waals surface area contributed by atoms with Gasteiger partial charge in [-0.2, -0.15) is 14.6 Å². The maximum absolute atomic E-state index is 5.87. The molecule has 110 valence electrons. The van der Waals surface area contributed by atoms with Crippen LogP contribution >= 0.6 is 0 Å². The van der Waals surface area contributed by atoms with Crippen molar-refractivity contribution in [3.8, 4) is 0 Å². The predicted octanol–water partition coefficient (Wildman–Crippen LogP) is 2.49. The van der Waals surface area contributed by atoms with Crippen LogP contribution in [0.25, 0.3) is 16.6 Å². The number of hydrogen-bond acceptors (Lipinski definition) is 5. The quantitative estimate of drug-likeness (QED) is 0.539. The molecule has 0 bridgehead atoms.